The highest BCUT2D eigenvalue weighted by atomic mass is 19.4. The molecule has 0 saturated carbocycles. The van der Waals surface area contributed by atoms with Crippen LogP contribution >= 0.6 is 0 Å². The Kier molecular flexibility index (Phi) is 3.93. The van der Waals surface area contributed by atoms with E-state index in [1.165, 1.54) is 18.2 Å². The number of hydrogen-bond donors (Lipinski definition) is 2. The van der Waals surface area contributed by atoms with Gasteiger partial charge in [-0.25, -0.2) is 0 Å². The number of rotatable bonds is 2. The van der Waals surface area contributed by atoms with E-state index in [9.17, 15) is 23.1 Å². The molecule has 23 heavy (non-hydrogen) atoms. The van der Waals surface area contributed by atoms with Crippen molar-refractivity contribution < 1.29 is 27.8 Å². The van der Waals surface area contributed by atoms with Gasteiger partial charge in [0.2, 0.25) is 0 Å². The second-order valence-corrected chi connectivity index (χ2v) is 5.50. The Morgan fingerprint density at radius 3 is 2.61 bits per heavy atom. The van der Waals surface area contributed by atoms with Gasteiger partial charge in [0, 0.05) is 30.1 Å². The number of nitrogens with one attached hydrogen (secondary N) is 1. The summed E-state index contributed by atoms with van der Waals surface area (Å²) in [7, 11) is 0. The van der Waals surface area contributed by atoms with E-state index < -0.39 is 6.36 Å². The number of fused-ring (bicyclic) bond motifs is 1. The van der Waals surface area contributed by atoms with Crippen molar-refractivity contribution in [1.82, 2.24) is 9.88 Å². The highest BCUT2D eigenvalue weighted by molar-refractivity contribution is 5.98. The lowest BCUT2D eigenvalue weighted by molar-refractivity contribution is -0.274. The Morgan fingerprint density at radius 1 is 1.26 bits per heavy atom. The van der Waals surface area contributed by atoms with Gasteiger partial charge in [0.1, 0.15) is 11.4 Å². The van der Waals surface area contributed by atoms with Gasteiger partial charge >= 0.3 is 6.36 Å². The number of benzene rings is 1. The van der Waals surface area contributed by atoms with E-state index in [1.54, 1.807) is 11.0 Å². The summed E-state index contributed by atoms with van der Waals surface area (Å²) in [6, 6.07) is 5.47. The smallest absolute Gasteiger partial charge is 0.406 e. The molecule has 0 unspecified atom stereocenters. The Hall–Kier alpha value is -2.22. The first-order valence-corrected chi connectivity index (χ1v) is 7.18. The molecule has 1 aliphatic rings. The highest BCUT2D eigenvalue weighted by Crippen LogP contribution is 2.27. The molecule has 2 aromatic rings. The van der Waals surface area contributed by atoms with Gasteiger partial charge in [0.05, 0.1) is 6.10 Å². The summed E-state index contributed by atoms with van der Waals surface area (Å²) >= 11 is 0. The lowest BCUT2D eigenvalue weighted by Crippen LogP contribution is -2.40. The van der Waals surface area contributed by atoms with Crippen molar-refractivity contribution >= 4 is 16.8 Å². The maximum atomic E-state index is 12.4. The minimum Gasteiger partial charge on any atom is -0.406 e. The van der Waals surface area contributed by atoms with E-state index >= 15 is 0 Å². The van der Waals surface area contributed by atoms with Crippen LogP contribution in [0.3, 0.4) is 0 Å². The first-order chi connectivity index (χ1) is 10.8. The van der Waals surface area contributed by atoms with Crippen LogP contribution in [0.1, 0.15) is 23.3 Å². The van der Waals surface area contributed by atoms with Crippen molar-refractivity contribution in [2.45, 2.75) is 25.3 Å². The lowest BCUT2D eigenvalue weighted by Gasteiger charge is -2.29. The minimum absolute atomic E-state index is 0.230. The third-order valence-corrected chi connectivity index (χ3v) is 3.81. The van der Waals surface area contributed by atoms with Gasteiger partial charge in [-0.1, -0.05) is 0 Å². The molecule has 0 spiro atoms. The van der Waals surface area contributed by atoms with Crippen molar-refractivity contribution in [1.29, 1.82) is 0 Å². The number of aliphatic hydroxyl groups is 1. The fraction of sp³-hybridized carbons (Fsp3) is 0.400. The van der Waals surface area contributed by atoms with Crippen LogP contribution in [0.25, 0.3) is 10.9 Å². The Balaban J connectivity index is 1.81. The number of aromatic amines is 1. The Labute approximate surface area is 129 Å². The summed E-state index contributed by atoms with van der Waals surface area (Å²) in [4.78, 5) is 16.8. The van der Waals surface area contributed by atoms with Crippen molar-refractivity contribution in [3.63, 3.8) is 0 Å². The van der Waals surface area contributed by atoms with Gasteiger partial charge in [0.15, 0.2) is 0 Å². The molecule has 1 aromatic heterocycles. The minimum atomic E-state index is -4.76. The number of alkyl halides is 3. The molecule has 1 aromatic carbocycles. The molecular weight excluding hydrogens is 313 g/mol. The topological polar surface area (TPSA) is 65.6 Å². The SMILES string of the molecule is O=C(c1cc2ccc(OC(F)(F)F)cc2[nH]1)N1CCC(O)CC1. The van der Waals surface area contributed by atoms with Crippen LogP contribution in [-0.2, 0) is 0 Å². The fourth-order valence-corrected chi connectivity index (χ4v) is 2.66. The Morgan fingerprint density at radius 2 is 1.96 bits per heavy atom. The number of halogens is 3. The molecule has 2 heterocycles. The van der Waals surface area contributed by atoms with Crippen molar-refractivity contribution in [3.8, 4) is 5.75 Å². The second kappa shape index (κ2) is 5.77. The molecule has 1 fully saturated rings. The van der Waals surface area contributed by atoms with Crippen LogP contribution in [0, 0.1) is 0 Å². The zero-order chi connectivity index (χ0) is 16.6. The van der Waals surface area contributed by atoms with Crippen LogP contribution in [0.4, 0.5) is 13.2 Å². The van der Waals surface area contributed by atoms with E-state index in [1.807, 2.05) is 0 Å². The molecular formula is C15H15F3N2O3. The summed E-state index contributed by atoms with van der Waals surface area (Å²) in [5, 5.41) is 10.1. The number of carbonyl (C=O) groups excluding carboxylic acids is 1. The van der Waals surface area contributed by atoms with E-state index in [2.05, 4.69) is 9.72 Å². The van der Waals surface area contributed by atoms with E-state index in [-0.39, 0.29) is 17.8 Å². The van der Waals surface area contributed by atoms with E-state index in [0.717, 1.165) is 0 Å². The van der Waals surface area contributed by atoms with Crippen LogP contribution in [0.2, 0.25) is 0 Å². The number of amides is 1. The van der Waals surface area contributed by atoms with Gasteiger partial charge in [-0.05, 0) is 31.0 Å². The van der Waals surface area contributed by atoms with Crippen molar-refractivity contribution in [2.75, 3.05) is 13.1 Å². The third kappa shape index (κ3) is 3.58. The molecule has 0 radical (unpaired) electrons. The number of ether oxygens (including phenoxy) is 1. The second-order valence-electron chi connectivity index (χ2n) is 5.50. The largest absolute Gasteiger partial charge is 0.573 e. The highest BCUT2D eigenvalue weighted by Gasteiger charge is 2.31. The third-order valence-electron chi connectivity index (χ3n) is 3.81. The first kappa shape index (κ1) is 15.7. The number of likely N-dealkylation sites (tertiary alicyclic amines) is 1. The molecule has 5 nitrogen and oxygen atoms in total. The van der Waals surface area contributed by atoms with Gasteiger partial charge in [0.25, 0.3) is 5.91 Å². The summed E-state index contributed by atoms with van der Waals surface area (Å²) in [6.45, 7) is 0.912. The number of piperidine rings is 1. The zero-order valence-corrected chi connectivity index (χ0v) is 12.1. The molecule has 124 valence electrons. The molecule has 1 saturated heterocycles. The molecule has 2 N–H and O–H groups in total. The number of H-pyrrole nitrogens is 1. The average molecular weight is 328 g/mol. The normalized spacial score (nSPS) is 16.8. The quantitative estimate of drug-likeness (QED) is 0.891. The predicted octanol–water partition coefficient (Wildman–Crippen LogP) is 2.66. The summed E-state index contributed by atoms with van der Waals surface area (Å²) in [5.74, 6) is -0.571. The van der Waals surface area contributed by atoms with Crippen LogP contribution in [0.5, 0.6) is 5.75 Å². The number of aromatic nitrogens is 1. The molecule has 1 amide bonds. The predicted molar refractivity (Wildman–Crippen MR) is 76.1 cm³/mol. The van der Waals surface area contributed by atoms with Crippen molar-refractivity contribution in [3.05, 3.63) is 30.0 Å². The van der Waals surface area contributed by atoms with Crippen molar-refractivity contribution in [2.24, 2.45) is 0 Å². The maximum absolute atomic E-state index is 12.4. The van der Waals surface area contributed by atoms with E-state index in [0.29, 0.717) is 42.5 Å². The number of hydrogen-bond acceptors (Lipinski definition) is 3. The van der Waals surface area contributed by atoms with Gasteiger partial charge < -0.3 is 19.7 Å². The number of carbonyl (C=O) groups is 1. The fourth-order valence-electron chi connectivity index (χ4n) is 2.66. The summed E-state index contributed by atoms with van der Waals surface area (Å²) in [5.41, 5.74) is 0.702. The van der Waals surface area contributed by atoms with E-state index in [4.69, 9.17) is 0 Å². The van der Waals surface area contributed by atoms with Gasteiger partial charge in [-0.2, -0.15) is 0 Å². The maximum Gasteiger partial charge on any atom is 0.573 e. The molecule has 1 aliphatic heterocycles. The molecule has 8 heteroatoms. The van der Waals surface area contributed by atoms with Crippen LogP contribution in [0.15, 0.2) is 24.3 Å². The summed E-state index contributed by atoms with van der Waals surface area (Å²) in [6.07, 6.45) is -4.10. The average Bonchev–Trinajstić information content (AvgIpc) is 2.88. The number of aliphatic hydroxyl groups excluding tert-OH is 1. The Bertz CT molecular complexity index is 718. The molecule has 3 rings (SSSR count). The standard InChI is InChI=1S/C15H15F3N2O3/c16-15(17,18)23-11-2-1-9-7-13(19-12(9)8-11)14(22)20-5-3-10(21)4-6-20/h1-2,7-8,10,19,21H,3-6H2. The van der Waals surface area contributed by atoms with Gasteiger partial charge in [-0.15, -0.1) is 13.2 Å². The van der Waals surface area contributed by atoms with Gasteiger partial charge in [-0.3, -0.25) is 4.79 Å². The van der Waals surface area contributed by atoms with Crippen LogP contribution in [-0.4, -0.2) is 46.5 Å². The molecule has 0 aliphatic carbocycles. The molecule has 0 atom stereocenters. The monoisotopic (exact) mass is 328 g/mol. The zero-order valence-electron chi connectivity index (χ0n) is 12.1. The van der Waals surface area contributed by atoms with Crippen LogP contribution < -0.4 is 4.74 Å². The molecule has 0 bridgehead atoms. The summed E-state index contributed by atoms with van der Waals surface area (Å²) < 4.78 is 40.6. The first-order valence-electron chi connectivity index (χ1n) is 7.18. The number of nitrogens with zero attached hydrogens (tertiary/aromatic N) is 1. The lowest BCUT2D eigenvalue weighted by atomic mass is 10.1.